The Hall–Kier alpha value is -3.38. The van der Waals surface area contributed by atoms with Crippen LogP contribution in [0, 0.1) is 18.8 Å². The highest BCUT2D eigenvalue weighted by Crippen LogP contribution is 2.47. The lowest BCUT2D eigenvalue weighted by Gasteiger charge is -2.29. The maximum atomic E-state index is 2.52. The summed E-state index contributed by atoms with van der Waals surface area (Å²) >= 11 is 0. The van der Waals surface area contributed by atoms with Crippen LogP contribution in [0.1, 0.15) is 55.2 Å². The summed E-state index contributed by atoms with van der Waals surface area (Å²) in [5.74, 6) is 1.35. The Morgan fingerprint density at radius 2 is 1.54 bits per heavy atom. The third-order valence-corrected chi connectivity index (χ3v) is 8.65. The molecule has 0 N–H and O–H groups in total. The van der Waals surface area contributed by atoms with E-state index in [-0.39, 0.29) is 0 Å². The van der Waals surface area contributed by atoms with Gasteiger partial charge >= 0.3 is 0 Å². The lowest BCUT2D eigenvalue weighted by atomic mass is 9.75. The summed E-state index contributed by atoms with van der Waals surface area (Å²) in [5, 5.41) is 5.67. The monoisotopic (exact) mass is 452 g/mol. The van der Waals surface area contributed by atoms with Gasteiger partial charge in [0.25, 0.3) is 0 Å². The molecule has 0 saturated heterocycles. The van der Waals surface area contributed by atoms with Crippen molar-refractivity contribution in [2.75, 3.05) is 0 Å². The summed E-state index contributed by atoms with van der Waals surface area (Å²) in [6.07, 6.45) is 26.1. The van der Waals surface area contributed by atoms with Gasteiger partial charge in [0.15, 0.2) is 0 Å². The van der Waals surface area contributed by atoms with Gasteiger partial charge in [0.2, 0.25) is 0 Å². The molecule has 0 radical (unpaired) electrons. The molecule has 0 heteroatoms. The van der Waals surface area contributed by atoms with Crippen LogP contribution in [-0.2, 0) is 0 Å². The van der Waals surface area contributed by atoms with E-state index in [0.717, 1.165) is 12.8 Å². The Kier molecular flexibility index (Phi) is 5.02. The van der Waals surface area contributed by atoms with E-state index >= 15 is 0 Å². The molecule has 0 aliphatic heterocycles. The largest absolute Gasteiger partial charge is 0.0842 e. The molecule has 4 aliphatic carbocycles. The summed E-state index contributed by atoms with van der Waals surface area (Å²) < 4.78 is 0. The number of hydrogen-bond acceptors (Lipinski definition) is 0. The third-order valence-electron chi connectivity index (χ3n) is 8.65. The van der Waals surface area contributed by atoms with Gasteiger partial charge in [0, 0.05) is 0 Å². The predicted molar refractivity (Wildman–Crippen MR) is 151 cm³/mol. The van der Waals surface area contributed by atoms with Crippen molar-refractivity contribution in [2.24, 2.45) is 11.8 Å². The maximum Gasteiger partial charge on any atom is -0.00665 e. The van der Waals surface area contributed by atoms with E-state index in [1.54, 1.807) is 0 Å². The van der Waals surface area contributed by atoms with Gasteiger partial charge in [0.05, 0.1) is 0 Å². The average molecular weight is 453 g/mol. The number of allylic oxidation sites excluding steroid dienone is 12. The Bertz CT molecular complexity index is 1550. The first-order chi connectivity index (χ1) is 17.3. The second-order valence-electron chi connectivity index (χ2n) is 10.8. The van der Waals surface area contributed by atoms with Gasteiger partial charge in [-0.2, -0.15) is 0 Å². The Labute approximate surface area is 208 Å². The molecule has 0 aromatic heterocycles. The fourth-order valence-electron chi connectivity index (χ4n) is 6.88. The van der Waals surface area contributed by atoms with Crippen LogP contribution in [0.25, 0.3) is 32.7 Å². The molecule has 0 amide bonds. The van der Waals surface area contributed by atoms with Crippen molar-refractivity contribution < 1.29 is 0 Å². The van der Waals surface area contributed by atoms with Crippen LogP contribution in [0.3, 0.4) is 0 Å². The maximum absolute atomic E-state index is 2.52. The van der Waals surface area contributed by atoms with E-state index in [9.17, 15) is 0 Å². The Balaban J connectivity index is 1.51. The van der Waals surface area contributed by atoms with Crippen LogP contribution >= 0.6 is 0 Å². The summed E-state index contributed by atoms with van der Waals surface area (Å²) in [4.78, 5) is 0. The summed E-state index contributed by atoms with van der Waals surface area (Å²) in [6, 6.07) is 16.3. The molecule has 0 bridgehead atoms. The first-order valence-corrected chi connectivity index (χ1v) is 13.4. The van der Waals surface area contributed by atoms with Crippen molar-refractivity contribution in [1.29, 1.82) is 0 Å². The molecule has 0 heterocycles. The Morgan fingerprint density at radius 1 is 0.714 bits per heavy atom. The van der Waals surface area contributed by atoms with E-state index in [2.05, 4.69) is 98.0 Å². The van der Waals surface area contributed by atoms with Gasteiger partial charge in [-0.15, -0.1) is 0 Å². The molecular formula is C35H32. The number of benzene rings is 3. The standard InChI is InChI=1S/C35H32/c1-23-14-19-32-33(20-23)35(29-18-16-25-9-3-5-11-27(25)22-29)31-13-7-6-12-30(31)34(32)28-17-15-24-8-2-4-10-26(24)21-28/h2-4,6-7,9-10,12-14,16,18-21,24,27H,5,8,11,15,17,22H2,1H3. The topological polar surface area (TPSA) is 0 Å². The van der Waals surface area contributed by atoms with Crippen molar-refractivity contribution in [3.8, 4) is 0 Å². The second kappa shape index (κ2) is 8.38. The van der Waals surface area contributed by atoms with Crippen molar-refractivity contribution in [1.82, 2.24) is 0 Å². The van der Waals surface area contributed by atoms with Crippen LogP contribution in [-0.4, -0.2) is 0 Å². The van der Waals surface area contributed by atoms with Crippen LogP contribution < -0.4 is 0 Å². The van der Waals surface area contributed by atoms with Gasteiger partial charge in [-0.1, -0.05) is 96.6 Å². The molecule has 4 aliphatic rings. The van der Waals surface area contributed by atoms with Gasteiger partial charge in [0.1, 0.15) is 0 Å². The smallest absolute Gasteiger partial charge is 0.00665 e. The number of fused-ring (bicyclic) bond motifs is 4. The van der Waals surface area contributed by atoms with Gasteiger partial charge < -0.3 is 0 Å². The molecule has 0 spiro atoms. The Morgan fingerprint density at radius 3 is 2.43 bits per heavy atom. The predicted octanol–water partition coefficient (Wildman–Crippen LogP) is 9.66. The minimum absolute atomic E-state index is 0.655. The van der Waals surface area contributed by atoms with Crippen molar-refractivity contribution >= 4 is 32.7 Å². The zero-order chi connectivity index (χ0) is 23.4. The van der Waals surface area contributed by atoms with Crippen LogP contribution in [0.4, 0.5) is 0 Å². The third kappa shape index (κ3) is 3.50. The molecule has 3 aromatic carbocycles. The van der Waals surface area contributed by atoms with Crippen molar-refractivity contribution in [3.63, 3.8) is 0 Å². The second-order valence-corrected chi connectivity index (χ2v) is 10.8. The molecule has 2 unspecified atom stereocenters. The minimum atomic E-state index is 0.655. The number of rotatable bonds is 2. The van der Waals surface area contributed by atoms with Crippen molar-refractivity contribution in [2.45, 2.75) is 45.4 Å². The summed E-state index contributed by atoms with van der Waals surface area (Å²) in [5.41, 5.74) is 10.3. The van der Waals surface area contributed by atoms with Crippen LogP contribution in [0.2, 0.25) is 0 Å². The molecule has 3 aromatic rings. The van der Waals surface area contributed by atoms with Gasteiger partial charge in [-0.25, -0.2) is 0 Å². The average Bonchev–Trinajstić information content (AvgIpc) is 2.91. The van der Waals surface area contributed by atoms with Crippen LogP contribution in [0.15, 0.2) is 102 Å². The van der Waals surface area contributed by atoms with E-state index in [4.69, 9.17) is 0 Å². The molecule has 0 saturated carbocycles. The quantitative estimate of drug-likeness (QED) is 0.339. The lowest BCUT2D eigenvalue weighted by molar-refractivity contribution is 0.572. The van der Waals surface area contributed by atoms with E-state index in [1.807, 2.05) is 0 Å². The van der Waals surface area contributed by atoms with Crippen LogP contribution in [0.5, 0.6) is 0 Å². The summed E-state index contributed by atoms with van der Waals surface area (Å²) in [6.45, 7) is 2.24. The van der Waals surface area contributed by atoms with Gasteiger partial charge in [-0.3, -0.25) is 0 Å². The normalized spacial score (nSPS) is 23.3. The van der Waals surface area contributed by atoms with Gasteiger partial charge in [-0.05, 0) is 112 Å². The fourth-order valence-corrected chi connectivity index (χ4v) is 6.88. The zero-order valence-electron chi connectivity index (χ0n) is 20.6. The highest BCUT2D eigenvalue weighted by Gasteiger charge is 2.26. The molecule has 35 heavy (non-hydrogen) atoms. The molecule has 0 nitrogen and oxygen atoms in total. The van der Waals surface area contributed by atoms with E-state index in [1.165, 1.54) is 86.2 Å². The summed E-state index contributed by atoms with van der Waals surface area (Å²) in [7, 11) is 0. The van der Waals surface area contributed by atoms with E-state index in [0.29, 0.717) is 11.8 Å². The lowest BCUT2D eigenvalue weighted by Crippen LogP contribution is -2.11. The first kappa shape index (κ1) is 20.9. The molecular weight excluding hydrogens is 420 g/mol. The molecule has 172 valence electrons. The molecule has 2 atom stereocenters. The number of aryl methyl sites for hydroxylation is 1. The highest BCUT2D eigenvalue weighted by atomic mass is 14.3. The highest BCUT2D eigenvalue weighted by molar-refractivity contribution is 6.16. The minimum Gasteiger partial charge on any atom is -0.0842 e. The first-order valence-electron chi connectivity index (χ1n) is 13.4. The SMILES string of the molecule is Cc1ccc2c(C3=CC4=CC=CCC4CC3)c3ccccc3c(C3=CC=C4C=CCCC4C3)c2c1. The fraction of sp³-hybridized carbons (Fsp3) is 0.257. The molecule has 7 rings (SSSR count). The zero-order valence-corrected chi connectivity index (χ0v) is 20.6. The van der Waals surface area contributed by atoms with Crippen molar-refractivity contribution in [3.05, 3.63) is 119 Å². The molecule has 0 fully saturated rings. The number of hydrogen-bond donors (Lipinski definition) is 0. The van der Waals surface area contributed by atoms with E-state index < -0.39 is 0 Å².